The molecule has 0 aliphatic heterocycles. The van der Waals surface area contributed by atoms with E-state index in [1.165, 1.54) is 16.4 Å². The molecule has 1 unspecified atom stereocenters. The third-order valence-electron chi connectivity index (χ3n) is 7.95. The molecule has 3 aromatic carbocycles. The Labute approximate surface area is 244 Å². The van der Waals surface area contributed by atoms with Crippen molar-refractivity contribution in [3.63, 3.8) is 0 Å². The quantitative estimate of drug-likeness (QED) is 0.319. The van der Waals surface area contributed by atoms with Crippen LogP contribution in [0.1, 0.15) is 61.3 Å². The Morgan fingerprint density at radius 1 is 0.902 bits per heavy atom. The van der Waals surface area contributed by atoms with Gasteiger partial charge in [-0.2, -0.15) is 0 Å². The van der Waals surface area contributed by atoms with Gasteiger partial charge in [0.25, 0.3) is 10.0 Å². The fourth-order valence-corrected chi connectivity index (χ4v) is 6.73. The van der Waals surface area contributed by atoms with Gasteiger partial charge in [-0.15, -0.1) is 0 Å². The summed E-state index contributed by atoms with van der Waals surface area (Å²) >= 11 is 0. The predicted octanol–water partition coefficient (Wildman–Crippen LogP) is 5.67. The van der Waals surface area contributed by atoms with Crippen molar-refractivity contribution >= 4 is 27.5 Å². The van der Waals surface area contributed by atoms with Crippen molar-refractivity contribution in [1.29, 1.82) is 0 Å². The third kappa shape index (κ3) is 7.36. The van der Waals surface area contributed by atoms with Crippen molar-refractivity contribution in [3.05, 3.63) is 95.1 Å². The van der Waals surface area contributed by atoms with Gasteiger partial charge in [0.15, 0.2) is 0 Å². The van der Waals surface area contributed by atoms with E-state index in [2.05, 4.69) is 5.32 Å². The minimum atomic E-state index is -4.08. The molecule has 41 heavy (non-hydrogen) atoms. The zero-order valence-electron chi connectivity index (χ0n) is 24.5. The Kier molecular flexibility index (Phi) is 9.86. The number of hydrogen-bond acceptors (Lipinski definition) is 4. The lowest BCUT2D eigenvalue weighted by Crippen LogP contribution is -2.53. The van der Waals surface area contributed by atoms with E-state index in [9.17, 15) is 18.0 Å². The van der Waals surface area contributed by atoms with E-state index in [0.717, 1.165) is 47.9 Å². The van der Waals surface area contributed by atoms with Crippen LogP contribution in [0.2, 0.25) is 0 Å². The molecule has 3 aromatic rings. The molecule has 0 bridgehead atoms. The number of amides is 2. The predicted molar refractivity (Wildman–Crippen MR) is 163 cm³/mol. The first kappa shape index (κ1) is 30.3. The summed E-state index contributed by atoms with van der Waals surface area (Å²) in [7, 11) is -4.08. The van der Waals surface area contributed by atoms with Crippen molar-refractivity contribution in [2.75, 3.05) is 10.8 Å². The lowest BCUT2D eigenvalue weighted by molar-refractivity contribution is -0.140. The molecule has 0 aromatic heterocycles. The zero-order chi connectivity index (χ0) is 29.6. The molecular weight excluding hydrogens is 534 g/mol. The molecule has 1 aliphatic rings. The van der Waals surface area contributed by atoms with Gasteiger partial charge >= 0.3 is 0 Å². The first-order valence-corrected chi connectivity index (χ1v) is 15.8. The second-order valence-electron chi connectivity index (χ2n) is 11.0. The van der Waals surface area contributed by atoms with E-state index in [0.29, 0.717) is 12.1 Å². The first-order valence-electron chi connectivity index (χ1n) is 14.4. The molecule has 0 heterocycles. The summed E-state index contributed by atoms with van der Waals surface area (Å²) in [6.45, 7) is 7.51. The van der Waals surface area contributed by atoms with Crippen LogP contribution < -0.4 is 9.62 Å². The van der Waals surface area contributed by atoms with Gasteiger partial charge in [-0.05, 0) is 81.0 Å². The first-order chi connectivity index (χ1) is 19.6. The topological polar surface area (TPSA) is 86.8 Å². The number of sulfonamides is 1. The van der Waals surface area contributed by atoms with Crippen LogP contribution in [-0.4, -0.2) is 43.8 Å². The number of aryl methyl sites for hydroxylation is 3. The Morgan fingerprint density at radius 3 is 2.17 bits per heavy atom. The van der Waals surface area contributed by atoms with Gasteiger partial charge in [-0.25, -0.2) is 8.42 Å². The van der Waals surface area contributed by atoms with E-state index < -0.39 is 28.5 Å². The number of nitrogens with zero attached hydrogens (tertiary/aromatic N) is 2. The molecule has 1 atom stereocenters. The summed E-state index contributed by atoms with van der Waals surface area (Å²) in [5.74, 6) is -0.625. The Balaban J connectivity index is 1.72. The van der Waals surface area contributed by atoms with Gasteiger partial charge < -0.3 is 10.2 Å². The summed E-state index contributed by atoms with van der Waals surface area (Å²) < 4.78 is 29.1. The second-order valence-corrected chi connectivity index (χ2v) is 12.9. The van der Waals surface area contributed by atoms with Crippen molar-refractivity contribution in [1.82, 2.24) is 10.2 Å². The average Bonchev–Trinajstić information content (AvgIpc) is 3.47. The van der Waals surface area contributed by atoms with Crippen LogP contribution in [0.3, 0.4) is 0 Å². The summed E-state index contributed by atoms with van der Waals surface area (Å²) in [5.41, 5.74) is 4.31. The Morgan fingerprint density at radius 2 is 1.56 bits per heavy atom. The highest BCUT2D eigenvalue weighted by Gasteiger charge is 2.34. The monoisotopic (exact) mass is 575 g/mol. The molecule has 218 valence electrons. The highest BCUT2D eigenvalue weighted by Crippen LogP contribution is 2.27. The largest absolute Gasteiger partial charge is 0.352 e. The summed E-state index contributed by atoms with van der Waals surface area (Å²) in [6, 6.07) is 20.7. The summed E-state index contributed by atoms with van der Waals surface area (Å²) in [6.07, 6.45) is 4.44. The molecule has 2 amide bonds. The van der Waals surface area contributed by atoms with Gasteiger partial charge in [0.05, 0.1) is 10.6 Å². The van der Waals surface area contributed by atoms with Crippen LogP contribution >= 0.6 is 0 Å². The Bertz CT molecular complexity index is 1450. The fourth-order valence-electron chi connectivity index (χ4n) is 5.31. The average molecular weight is 576 g/mol. The van der Waals surface area contributed by atoms with Gasteiger partial charge in [0.2, 0.25) is 11.8 Å². The molecule has 1 aliphatic carbocycles. The number of rotatable bonds is 11. The van der Waals surface area contributed by atoms with E-state index in [-0.39, 0.29) is 23.4 Å². The number of hydrogen-bond donors (Lipinski definition) is 1. The summed E-state index contributed by atoms with van der Waals surface area (Å²) in [5, 5.41) is 3.15. The van der Waals surface area contributed by atoms with Crippen molar-refractivity contribution < 1.29 is 18.0 Å². The van der Waals surface area contributed by atoms with Crippen LogP contribution in [0, 0.1) is 20.8 Å². The number of benzene rings is 3. The highest BCUT2D eigenvalue weighted by molar-refractivity contribution is 7.92. The molecular formula is C33H41N3O4S. The van der Waals surface area contributed by atoms with E-state index in [1.54, 1.807) is 35.2 Å². The lowest BCUT2D eigenvalue weighted by Gasteiger charge is -2.34. The zero-order valence-corrected chi connectivity index (χ0v) is 25.3. The summed E-state index contributed by atoms with van der Waals surface area (Å²) in [4.78, 5) is 29.4. The second kappa shape index (κ2) is 13.3. The lowest BCUT2D eigenvalue weighted by atomic mass is 10.1. The molecule has 1 N–H and O–H groups in total. The molecule has 0 saturated heterocycles. The Hall–Kier alpha value is -3.65. The third-order valence-corrected chi connectivity index (χ3v) is 9.74. The molecule has 7 nitrogen and oxygen atoms in total. The molecule has 1 saturated carbocycles. The van der Waals surface area contributed by atoms with E-state index in [1.807, 2.05) is 58.0 Å². The van der Waals surface area contributed by atoms with Crippen LogP contribution in [-0.2, 0) is 26.2 Å². The van der Waals surface area contributed by atoms with Crippen LogP contribution in [0.5, 0.6) is 0 Å². The van der Waals surface area contributed by atoms with E-state index >= 15 is 0 Å². The van der Waals surface area contributed by atoms with Gasteiger partial charge in [-0.3, -0.25) is 13.9 Å². The SMILES string of the molecule is CCC(C(=O)NC1CCCC1)N(Cc1ccc(C)cc1)C(=O)CN(c1ccc(C)c(C)c1)S(=O)(=O)c1ccccc1. The number of anilines is 1. The molecule has 0 spiro atoms. The van der Waals surface area contributed by atoms with Crippen LogP contribution in [0.25, 0.3) is 0 Å². The number of carbonyl (C=O) groups is 2. The van der Waals surface area contributed by atoms with Crippen LogP contribution in [0.4, 0.5) is 5.69 Å². The smallest absolute Gasteiger partial charge is 0.264 e. The van der Waals surface area contributed by atoms with Gasteiger partial charge in [0, 0.05) is 12.6 Å². The molecule has 0 radical (unpaired) electrons. The minimum Gasteiger partial charge on any atom is -0.352 e. The fraction of sp³-hybridized carbons (Fsp3) is 0.394. The minimum absolute atomic E-state index is 0.0992. The van der Waals surface area contributed by atoms with E-state index in [4.69, 9.17) is 0 Å². The van der Waals surface area contributed by atoms with Crippen molar-refractivity contribution in [2.45, 2.75) is 83.3 Å². The van der Waals surface area contributed by atoms with Crippen molar-refractivity contribution in [3.8, 4) is 0 Å². The molecule has 1 fully saturated rings. The van der Waals surface area contributed by atoms with Gasteiger partial charge in [0.1, 0.15) is 12.6 Å². The highest BCUT2D eigenvalue weighted by atomic mass is 32.2. The van der Waals surface area contributed by atoms with Crippen LogP contribution in [0.15, 0.2) is 77.7 Å². The number of nitrogens with one attached hydrogen (secondary N) is 1. The van der Waals surface area contributed by atoms with Crippen molar-refractivity contribution in [2.24, 2.45) is 0 Å². The molecule has 8 heteroatoms. The standard InChI is InChI=1S/C33H41N3O4S/c1-5-31(33(38)34-28-11-9-10-12-28)35(22-27-18-15-24(2)16-19-27)32(37)23-36(29-20-17-25(3)26(4)21-29)41(39,40)30-13-7-6-8-14-30/h6-8,13-21,28,31H,5,9-12,22-23H2,1-4H3,(H,34,38). The van der Waals surface area contributed by atoms with Gasteiger partial charge in [-0.1, -0.05) is 73.9 Å². The number of carbonyl (C=O) groups excluding carboxylic acids is 2. The maximum atomic E-state index is 14.2. The maximum Gasteiger partial charge on any atom is 0.264 e. The normalized spacial score (nSPS) is 14.4. The molecule has 4 rings (SSSR count). The maximum absolute atomic E-state index is 14.2.